The molecule has 0 aromatic heterocycles. The highest BCUT2D eigenvalue weighted by atomic mass is 35.5. The lowest BCUT2D eigenvalue weighted by molar-refractivity contribution is -0.312. The average molecular weight is 297 g/mol. The van der Waals surface area contributed by atoms with Crippen LogP contribution in [0.15, 0.2) is 24.3 Å². The van der Waals surface area contributed by atoms with Gasteiger partial charge < -0.3 is 19.5 Å². The molecule has 0 N–H and O–H groups in total. The number of carbonyl (C=O) groups excluding carboxylic acids is 2. The van der Waals surface area contributed by atoms with E-state index in [0.717, 1.165) is 0 Å². The van der Waals surface area contributed by atoms with Crippen molar-refractivity contribution in [2.75, 3.05) is 19.7 Å². The molecule has 1 saturated heterocycles. The van der Waals surface area contributed by atoms with Crippen molar-refractivity contribution in [1.29, 1.82) is 0 Å². The van der Waals surface area contributed by atoms with E-state index in [1.54, 1.807) is 29.2 Å². The number of likely N-dealkylation sites (tertiary alicyclic amines) is 1. The minimum atomic E-state index is -1.03. The van der Waals surface area contributed by atoms with Crippen molar-refractivity contribution < 1.29 is 19.4 Å². The topological polar surface area (TPSA) is 69.7 Å². The van der Waals surface area contributed by atoms with Gasteiger partial charge in [0.25, 0.3) is 5.91 Å². The molecule has 108 valence electrons. The number of ether oxygens (including phenoxy) is 1. The molecule has 0 radical (unpaired) electrons. The van der Waals surface area contributed by atoms with Gasteiger partial charge in [0.2, 0.25) is 0 Å². The van der Waals surface area contributed by atoms with Gasteiger partial charge in [0, 0.05) is 30.0 Å². The number of hydrogen-bond acceptors (Lipinski definition) is 4. The minimum absolute atomic E-state index is 0.0579. The molecule has 5 nitrogen and oxygen atoms in total. The molecular formula is C14H15ClNO4-. The van der Waals surface area contributed by atoms with Crippen molar-refractivity contribution in [3.63, 3.8) is 0 Å². The summed E-state index contributed by atoms with van der Waals surface area (Å²) >= 11 is 5.75. The molecule has 1 amide bonds. The molecule has 1 fully saturated rings. The number of hydrogen-bond donors (Lipinski definition) is 0. The highest BCUT2D eigenvalue weighted by Gasteiger charge is 2.23. The van der Waals surface area contributed by atoms with E-state index in [0.29, 0.717) is 36.7 Å². The molecule has 0 aliphatic carbocycles. The van der Waals surface area contributed by atoms with E-state index in [9.17, 15) is 14.7 Å². The molecule has 1 aromatic rings. The lowest BCUT2D eigenvalue weighted by Gasteiger charge is -2.32. The molecule has 0 saturated carbocycles. The minimum Gasteiger partial charge on any atom is -0.550 e. The fourth-order valence-electron chi connectivity index (χ4n) is 2.13. The normalized spacial score (nSPS) is 15.9. The van der Waals surface area contributed by atoms with Crippen LogP contribution in [-0.4, -0.2) is 36.5 Å². The van der Waals surface area contributed by atoms with Crippen LogP contribution in [0.5, 0.6) is 5.75 Å². The Kier molecular flexibility index (Phi) is 4.84. The van der Waals surface area contributed by atoms with Crippen molar-refractivity contribution in [3.8, 4) is 5.75 Å². The van der Waals surface area contributed by atoms with E-state index < -0.39 is 11.9 Å². The number of piperidine rings is 1. The Balaban J connectivity index is 1.78. The summed E-state index contributed by atoms with van der Waals surface area (Å²) in [4.78, 5) is 24.3. The maximum atomic E-state index is 11.9. The summed E-state index contributed by atoms with van der Waals surface area (Å²) < 4.78 is 5.37. The summed E-state index contributed by atoms with van der Waals surface area (Å²) in [6.45, 7) is 0.806. The summed E-state index contributed by atoms with van der Waals surface area (Å²) in [6, 6.07) is 6.76. The van der Waals surface area contributed by atoms with Crippen LogP contribution in [0.2, 0.25) is 5.02 Å². The molecule has 1 heterocycles. The van der Waals surface area contributed by atoms with Crippen molar-refractivity contribution in [1.82, 2.24) is 4.90 Å². The average Bonchev–Trinajstić information content (AvgIpc) is 2.46. The second-order valence-electron chi connectivity index (χ2n) is 4.72. The Morgan fingerprint density at radius 3 is 2.40 bits per heavy atom. The van der Waals surface area contributed by atoms with Crippen molar-refractivity contribution in [3.05, 3.63) is 29.3 Å². The van der Waals surface area contributed by atoms with Gasteiger partial charge in [-0.15, -0.1) is 0 Å². The smallest absolute Gasteiger partial charge is 0.260 e. The number of aliphatic carboxylic acids is 1. The highest BCUT2D eigenvalue weighted by molar-refractivity contribution is 6.30. The van der Waals surface area contributed by atoms with Gasteiger partial charge in [0.15, 0.2) is 6.61 Å². The molecule has 1 aliphatic heterocycles. The number of amides is 1. The third kappa shape index (κ3) is 3.87. The quantitative estimate of drug-likeness (QED) is 0.820. The maximum absolute atomic E-state index is 11.9. The lowest BCUT2D eigenvalue weighted by atomic mass is 9.97. The fourth-order valence-corrected chi connectivity index (χ4v) is 2.26. The van der Waals surface area contributed by atoms with E-state index in [2.05, 4.69) is 0 Å². The highest BCUT2D eigenvalue weighted by Crippen LogP contribution is 2.18. The van der Waals surface area contributed by atoms with Gasteiger partial charge in [0.05, 0.1) is 0 Å². The van der Waals surface area contributed by atoms with Crippen LogP contribution < -0.4 is 9.84 Å². The van der Waals surface area contributed by atoms with E-state index >= 15 is 0 Å². The van der Waals surface area contributed by atoms with Gasteiger partial charge in [-0.1, -0.05) is 11.6 Å². The standard InChI is InChI=1S/C14H16ClNO4/c15-11-1-3-12(4-2-11)20-9-13(17)16-7-5-10(6-8-16)14(18)19/h1-4,10H,5-9H2,(H,18,19)/p-1. The Bertz CT molecular complexity index is 480. The summed E-state index contributed by atoms with van der Waals surface area (Å²) in [5.41, 5.74) is 0. The molecule has 0 atom stereocenters. The van der Waals surface area contributed by atoms with E-state index in [1.165, 1.54) is 0 Å². The number of halogens is 1. The first kappa shape index (κ1) is 14.7. The van der Waals surface area contributed by atoms with E-state index in [-0.39, 0.29) is 12.5 Å². The zero-order valence-corrected chi connectivity index (χ0v) is 11.6. The van der Waals surface area contributed by atoms with Gasteiger partial charge in [0.1, 0.15) is 5.75 Å². The summed E-state index contributed by atoms with van der Waals surface area (Å²) in [7, 11) is 0. The van der Waals surface area contributed by atoms with Crippen LogP contribution in [0.25, 0.3) is 0 Å². The number of carboxylic acid groups (broad SMARTS) is 1. The first-order valence-electron chi connectivity index (χ1n) is 6.43. The molecule has 1 aliphatic rings. The predicted octanol–water partition coefficient (Wildman–Crippen LogP) is 0.707. The first-order valence-corrected chi connectivity index (χ1v) is 6.81. The van der Waals surface area contributed by atoms with Crippen LogP contribution >= 0.6 is 11.6 Å². The molecule has 0 spiro atoms. The monoisotopic (exact) mass is 296 g/mol. The summed E-state index contributed by atoms with van der Waals surface area (Å²) in [5, 5.41) is 11.3. The van der Waals surface area contributed by atoms with Crippen LogP contribution in [0.4, 0.5) is 0 Å². The third-order valence-corrected chi connectivity index (χ3v) is 3.61. The number of nitrogens with zero attached hydrogens (tertiary/aromatic N) is 1. The van der Waals surface area contributed by atoms with Crippen molar-refractivity contribution >= 4 is 23.5 Å². The zero-order valence-electron chi connectivity index (χ0n) is 10.9. The van der Waals surface area contributed by atoms with Crippen molar-refractivity contribution in [2.24, 2.45) is 5.92 Å². The molecule has 0 unspecified atom stereocenters. The van der Waals surface area contributed by atoms with Gasteiger partial charge in [-0.3, -0.25) is 4.79 Å². The maximum Gasteiger partial charge on any atom is 0.260 e. The summed E-state index contributed by atoms with van der Waals surface area (Å²) in [6.07, 6.45) is 0.879. The Hall–Kier alpha value is -1.75. The second kappa shape index (κ2) is 6.61. The van der Waals surface area contributed by atoms with Crippen LogP contribution in [0, 0.1) is 5.92 Å². The van der Waals surface area contributed by atoms with E-state index in [1.807, 2.05) is 0 Å². The zero-order chi connectivity index (χ0) is 14.5. The lowest BCUT2D eigenvalue weighted by Crippen LogP contribution is -2.45. The second-order valence-corrected chi connectivity index (χ2v) is 5.15. The number of benzene rings is 1. The van der Waals surface area contributed by atoms with Crippen LogP contribution in [0.1, 0.15) is 12.8 Å². The Morgan fingerprint density at radius 1 is 1.25 bits per heavy atom. The Morgan fingerprint density at radius 2 is 1.85 bits per heavy atom. The van der Waals surface area contributed by atoms with Gasteiger partial charge in [-0.2, -0.15) is 0 Å². The number of rotatable bonds is 4. The van der Waals surface area contributed by atoms with Crippen molar-refractivity contribution in [2.45, 2.75) is 12.8 Å². The van der Waals surface area contributed by atoms with Crippen LogP contribution in [-0.2, 0) is 9.59 Å². The predicted molar refractivity (Wildman–Crippen MR) is 71.3 cm³/mol. The van der Waals surface area contributed by atoms with Crippen LogP contribution in [0.3, 0.4) is 0 Å². The molecule has 0 bridgehead atoms. The largest absolute Gasteiger partial charge is 0.550 e. The SMILES string of the molecule is O=C([O-])C1CCN(C(=O)COc2ccc(Cl)cc2)CC1. The number of carbonyl (C=O) groups is 2. The van der Waals surface area contributed by atoms with Gasteiger partial charge in [-0.05, 0) is 37.1 Å². The molecule has 1 aromatic carbocycles. The Labute approximate surface area is 122 Å². The van der Waals surface area contributed by atoms with E-state index in [4.69, 9.17) is 16.3 Å². The van der Waals surface area contributed by atoms with Gasteiger partial charge in [-0.25, -0.2) is 0 Å². The first-order chi connectivity index (χ1) is 9.56. The van der Waals surface area contributed by atoms with Gasteiger partial charge >= 0.3 is 0 Å². The molecule has 6 heteroatoms. The fraction of sp³-hybridized carbons (Fsp3) is 0.429. The third-order valence-electron chi connectivity index (χ3n) is 3.36. The summed E-state index contributed by atoms with van der Waals surface area (Å²) in [5.74, 6) is -1.05. The number of carboxylic acids is 1. The molecule has 2 rings (SSSR count). The molecule has 20 heavy (non-hydrogen) atoms. The molecular weight excluding hydrogens is 282 g/mol.